The summed E-state index contributed by atoms with van der Waals surface area (Å²) in [6.07, 6.45) is 0. The van der Waals surface area contributed by atoms with Crippen molar-refractivity contribution in [3.8, 4) is 11.5 Å². The fraction of sp³-hybridized carbons (Fsp3) is 0. The van der Waals surface area contributed by atoms with Crippen molar-refractivity contribution >= 4 is 33.4 Å². The van der Waals surface area contributed by atoms with Crippen molar-refractivity contribution in [2.75, 3.05) is 0 Å². The van der Waals surface area contributed by atoms with Crippen LogP contribution in [0.2, 0.25) is 0 Å². The summed E-state index contributed by atoms with van der Waals surface area (Å²) < 4.78 is 0.788. The number of fused-ring (bicyclic) bond motifs is 1. The first-order chi connectivity index (χ1) is 6.20. The van der Waals surface area contributed by atoms with E-state index in [1.807, 2.05) is 0 Å². The third-order valence-corrected chi connectivity index (χ3v) is 2.83. The van der Waals surface area contributed by atoms with Crippen LogP contribution >= 0.6 is 22.6 Å². The lowest BCUT2D eigenvalue weighted by Crippen LogP contribution is -1.78. The summed E-state index contributed by atoms with van der Waals surface area (Å²) in [5.41, 5.74) is 0. The molecule has 2 rings (SSSR count). The van der Waals surface area contributed by atoms with Crippen LogP contribution in [0.5, 0.6) is 11.5 Å². The quantitative estimate of drug-likeness (QED) is 0.731. The van der Waals surface area contributed by atoms with Gasteiger partial charge >= 0.3 is 0 Å². The molecule has 0 atom stereocenters. The van der Waals surface area contributed by atoms with Crippen molar-refractivity contribution in [2.24, 2.45) is 0 Å². The van der Waals surface area contributed by atoms with Crippen molar-refractivity contribution in [1.82, 2.24) is 0 Å². The van der Waals surface area contributed by atoms with E-state index in [0.717, 1.165) is 3.57 Å². The predicted octanol–water partition coefficient (Wildman–Crippen LogP) is 2.86. The van der Waals surface area contributed by atoms with Gasteiger partial charge in [0, 0.05) is 10.8 Å². The summed E-state index contributed by atoms with van der Waals surface area (Å²) in [5, 5.41) is 20.5. The molecule has 0 aromatic heterocycles. The predicted molar refractivity (Wildman–Crippen MR) is 60.0 cm³/mol. The van der Waals surface area contributed by atoms with Crippen molar-refractivity contribution in [3.05, 3.63) is 33.9 Å². The Morgan fingerprint density at radius 3 is 2.46 bits per heavy atom. The van der Waals surface area contributed by atoms with E-state index in [1.165, 1.54) is 0 Å². The molecule has 0 aliphatic heterocycles. The van der Waals surface area contributed by atoms with E-state index in [0.29, 0.717) is 10.8 Å². The van der Waals surface area contributed by atoms with Gasteiger partial charge < -0.3 is 10.2 Å². The van der Waals surface area contributed by atoms with Crippen LogP contribution < -0.4 is 0 Å². The summed E-state index contributed by atoms with van der Waals surface area (Å²) in [4.78, 5) is 0. The van der Waals surface area contributed by atoms with Gasteiger partial charge in [0.25, 0.3) is 0 Å². The first-order valence-electron chi connectivity index (χ1n) is 3.79. The lowest BCUT2D eigenvalue weighted by molar-refractivity contribution is 0.473. The van der Waals surface area contributed by atoms with Gasteiger partial charge in [0.15, 0.2) is 0 Å². The zero-order valence-corrected chi connectivity index (χ0v) is 8.82. The van der Waals surface area contributed by atoms with Crippen molar-refractivity contribution in [3.63, 3.8) is 0 Å². The van der Waals surface area contributed by atoms with Crippen molar-refractivity contribution in [2.45, 2.75) is 0 Å². The SMILES string of the molecule is Oc1cccc2c(O)c(I)ccc12. The van der Waals surface area contributed by atoms with E-state index in [1.54, 1.807) is 30.3 Å². The Morgan fingerprint density at radius 1 is 0.923 bits per heavy atom. The molecule has 2 aromatic rings. The molecule has 66 valence electrons. The van der Waals surface area contributed by atoms with Crippen LogP contribution in [0.1, 0.15) is 0 Å². The lowest BCUT2D eigenvalue weighted by atomic mass is 10.1. The molecular weight excluding hydrogens is 279 g/mol. The van der Waals surface area contributed by atoms with E-state index in [9.17, 15) is 10.2 Å². The number of phenols is 2. The molecule has 13 heavy (non-hydrogen) atoms. The Kier molecular flexibility index (Phi) is 2.03. The molecule has 0 saturated carbocycles. The van der Waals surface area contributed by atoms with E-state index in [-0.39, 0.29) is 11.5 Å². The molecule has 0 aliphatic carbocycles. The van der Waals surface area contributed by atoms with E-state index >= 15 is 0 Å². The van der Waals surface area contributed by atoms with Gasteiger partial charge in [-0.2, -0.15) is 0 Å². The number of aromatic hydroxyl groups is 2. The molecule has 0 bridgehead atoms. The standard InChI is InChI=1S/C10H7IO2/c11-8-5-4-6-7(10(8)13)2-1-3-9(6)12/h1-5,12-13H. The van der Waals surface area contributed by atoms with Gasteiger partial charge in [-0.1, -0.05) is 12.1 Å². The highest BCUT2D eigenvalue weighted by molar-refractivity contribution is 14.1. The molecule has 0 heterocycles. The summed E-state index contributed by atoms with van der Waals surface area (Å²) in [7, 11) is 0. The van der Waals surface area contributed by atoms with Gasteiger partial charge in [-0.15, -0.1) is 0 Å². The average Bonchev–Trinajstić information content (AvgIpc) is 2.12. The first-order valence-corrected chi connectivity index (χ1v) is 4.87. The van der Waals surface area contributed by atoms with Gasteiger partial charge in [0.1, 0.15) is 11.5 Å². The van der Waals surface area contributed by atoms with Gasteiger partial charge in [0.05, 0.1) is 3.57 Å². The number of hydrogen-bond acceptors (Lipinski definition) is 2. The van der Waals surface area contributed by atoms with Crippen LogP contribution in [0.25, 0.3) is 10.8 Å². The van der Waals surface area contributed by atoms with E-state index in [2.05, 4.69) is 22.6 Å². The van der Waals surface area contributed by atoms with Crippen LogP contribution in [0.3, 0.4) is 0 Å². The molecule has 2 N–H and O–H groups in total. The molecule has 2 nitrogen and oxygen atoms in total. The fourth-order valence-corrected chi connectivity index (χ4v) is 1.77. The Morgan fingerprint density at radius 2 is 1.69 bits per heavy atom. The highest BCUT2D eigenvalue weighted by Crippen LogP contribution is 2.33. The molecule has 0 aliphatic rings. The second-order valence-corrected chi connectivity index (χ2v) is 3.93. The average molecular weight is 286 g/mol. The lowest BCUT2D eigenvalue weighted by Gasteiger charge is -2.04. The zero-order chi connectivity index (χ0) is 9.42. The molecule has 2 aromatic carbocycles. The number of hydrogen-bond donors (Lipinski definition) is 2. The monoisotopic (exact) mass is 286 g/mol. The summed E-state index contributed by atoms with van der Waals surface area (Å²) >= 11 is 2.05. The Labute approximate surface area is 89.0 Å². The van der Waals surface area contributed by atoms with Crippen molar-refractivity contribution in [1.29, 1.82) is 0 Å². The normalized spacial score (nSPS) is 10.5. The minimum Gasteiger partial charge on any atom is -0.507 e. The maximum atomic E-state index is 9.66. The van der Waals surface area contributed by atoms with Crippen LogP contribution in [0.4, 0.5) is 0 Å². The Hall–Kier alpha value is -0.970. The third-order valence-electron chi connectivity index (χ3n) is 1.96. The second-order valence-electron chi connectivity index (χ2n) is 2.77. The highest BCUT2D eigenvalue weighted by Gasteiger charge is 2.05. The molecule has 0 saturated heterocycles. The Bertz CT molecular complexity index is 466. The zero-order valence-electron chi connectivity index (χ0n) is 6.66. The molecule has 0 fully saturated rings. The molecule has 0 spiro atoms. The van der Waals surface area contributed by atoms with Gasteiger partial charge in [0.2, 0.25) is 0 Å². The highest BCUT2D eigenvalue weighted by atomic mass is 127. The van der Waals surface area contributed by atoms with Crippen LogP contribution in [-0.2, 0) is 0 Å². The fourth-order valence-electron chi connectivity index (χ4n) is 1.30. The second kappa shape index (κ2) is 3.06. The minimum absolute atomic E-state index is 0.198. The van der Waals surface area contributed by atoms with Crippen LogP contribution in [0.15, 0.2) is 30.3 Å². The largest absolute Gasteiger partial charge is 0.507 e. The molecule has 0 amide bonds. The van der Waals surface area contributed by atoms with E-state index in [4.69, 9.17) is 0 Å². The smallest absolute Gasteiger partial charge is 0.136 e. The molecular formula is C10H7IO2. The van der Waals surface area contributed by atoms with E-state index < -0.39 is 0 Å². The Balaban J connectivity index is 2.94. The number of benzene rings is 2. The number of rotatable bonds is 0. The molecule has 3 heteroatoms. The molecule has 0 unspecified atom stereocenters. The minimum atomic E-state index is 0.198. The summed E-state index contributed by atoms with van der Waals surface area (Å²) in [5.74, 6) is 0.429. The number of phenolic OH excluding ortho intramolecular Hbond substituents is 2. The van der Waals surface area contributed by atoms with Gasteiger partial charge in [-0.25, -0.2) is 0 Å². The maximum Gasteiger partial charge on any atom is 0.136 e. The third kappa shape index (κ3) is 1.33. The first kappa shape index (κ1) is 8.62. The number of halogens is 1. The van der Waals surface area contributed by atoms with Crippen LogP contribution in [0, 0.1) is 3.57 Å². The van der Waals surface area contributed by atoms with Crippen molar-refractivity contribution < 1.29 is 10.2 Å². The summed E-state index contributed by atoms with van der Waals surface area (Å²) in [6.45, 7) is 0. The van der Waals surface area contributed by atoms with Gasteiger partial charge in [-0.05, 0) is 40.8 Å². The maximum absolute atomic E-state index is 9.66. The van der Waals surface area contributed by atoms with Crippen LogP contribution in [-0.4, -0.2) is 10.2 Å². The van der Waals surface area contributed by atoms with Gasteiger partial charge in [-0.3, -0.25) is 0 Å². The topological polar surface area (TPSA) is 40.5 Å². The molecule has 0 radical (unpaired) electrons. The summed E-state index contributed by atoms with van der Waals surface area (Å²) in [6, 6.07) is 8.68.